The molecule has 0 spiro atoms. The highest BCUT2D eigenvalue weighted by atomic mass is 35.5. The van der Waals surface area contributed by atoms with Gasteiger partial charge in [0, 0.05) is 22.9 Å². The van der Waals surface area contributed by atoms with Crippen LogP contribution in [0, 0.1) is 5.41 Å². The molecule has 174 valence electrons. The minimum Gasteiger partial charge on any atom is -0.365 e. The Morgan fingerprint density at radius 1 is 1.00 bits per heavy atom. The molecule has 0 aliphatic rings. The summed E-state index contributed by atoms with van der Waals surface area (Å²) in [5.74, 6) is 0.261. The summed E-state index contributed by atoms with van der Waals surface area (Å²) in [5.41, 5.74) is 1.59. The summed E-state index contributed by atoms with van der Waals surface area (Å²) in [4.78, 5) is 34.0. The molecule has 0 bridgehead atoms. The number of para-hydroxylation sites is 1. The van der Waals surface area contributed by atoms with E-state index in [9.17, 15) is 9.59 Å². The van der Waals surface area contributed by atoms with Gasteiger partial charge in [-0.1, -0.05) is 44.5 Å². The smallest absolute Gasteiger partial charge is 0.257 e. The van der Waals surface area contributed by atoms with Gasteiger partial charge in [-0.05, 0) is 50.6 Å². The number of halogens is 1. The predicted octanol–water partition coefficient (Wildman–Crippen LogP) is 5.41. The van der Waals surface area contributed by atoms with E-state index >= 15 is 0 Å². The molecule has 33 heavy (non-hydrogen) atoms. The molecule has 0 saturated heterocycles. The van der Waals surface area contributed by atoms with Crippen molar-refractivity contribution < 1.29 is 9.59 Å². The molecule has 3 N–H and O–H groups in total. The Morgan fingerprint density at radius 2 is 1.73 bits per heavy atom. The zero-order valence-electron chi connectivity index (χ0n) is 19.8. The molecule has 0 fully saturated rings. The fraction of sp³-hybridized carbons (Fsp3) is 0.360. The summed E-state index contributed by atoms with van der Waals surface area (Å²) in [6.45, 7) is 12.0. The number of hydrogen-bond acceptors (Lipinski definition) is 5. The molecule has 0 aliphatic carbocycles. The Hall–Kier alpha value is -3.19. The van der Waals surface area contributed by atoms with Gasteiger partial charge in [0.2, 0.25) is 5.91 Å². The van der Waals surface area contributed by atoms with Crippen LogP contribution >= 0.6 is 11.6 Å². The summed E-state index contributed by atoms with van der Waals surface area (Å²) >= 11 is 6.32. The lowest BCUT2D eigenvalue weighted by molar-refractivity contribution is -0.128. The third kappa shape index (κ3) is 6.20. The highest BCUT2D eigenvalue weighted by molar-refractivity contribution is 6.34. The second kappa shape index (κ2) is 9.35. The number of anilines is 2. The maximum Gasteiger partial charge on any atom is 0.257 e. The van der Waals surface area contributed by atoms with Gasteiger partial charge in [0.05, 0.1) is 21.8 Å². The molecule has 0 saturated carbocycles. The number of aromatic nitrogens is 2. The maximum atomic E-state index is 13.1. The van der Waals surface area contributed by atoms with Crippen LogP contribution in [-0.4, -0.2) is 27.3 Å². The van der Waals surface area contributed by atoms with E-state index in [1.54, 1.807) is 24.3 Å². The molecule has 3 aromatic rings. The van der Waals surface area contributed by atoms with Crippen LogP contribution < -0.4 is 16.0 Å². The van der Waals surface area contributed by atoms with Crippen molar-refractivity contribution in [1.82, 2.24) is 15.3 Å². The van der Waals surface area contributed by atoms with E-state index in [2.05, 4.69) is 25.9 Å². The predicted molar refractivity (Wildman–Crippen MR) is 134 cm³/mol. The standard InChI is InChI=1S/C25H30ClN5O2/c1-24(2,3)23(33)27-13-15-10-11-18(26)17(12-15)22(32)30-19-9-7-8-16-20(19)28-14-29-21(16)31-25(4,5)6/h7-12,14H,13H2,1-6H3,(H,27,33)(H,30,32)(H,28,29,31). The third-order valence-corrected chi connectivity index (χ3v) is 5.15. The quantitative estimate of drug-likeness (QED) is 0.466. The third-order valence-electron chi connectivity index (χ3n) is 4.82. The number of benzene rings is 2. The van der Waals surface area contributed by atoms with Crippen LogP contribution in [0.4, 0.5) is 11.5 Å². The maximum absolute atomic E-state index is 13.1. The number of amides is 2. The van der Waals surface area contributed by atoms with Crippen molar-refractivity contribution in [3.63, 3.8) is 0 Å². The van der Waals surface area contributed by atoms with Gasteiger partial charge in [-0.25, -0.2) is 9.97 Å². The van der Waals surface area contributed by atoms with Crippen molar-refractivity contribution >= 4 is 45.8 Å². The minimum atomic E-state index is -0.496. The molecule has 8 heteroatoms. The lowest BCUT2D eigenvalue weighted by atomic mass is 9.95. The molecule has 2 aromatic carbocycles. The van der Waals surface area contributed by atoms with Gasteiger partial charge in [-0.3, -0.25) is 9.59 Å². The number of hydrogen-bond donors (Lipinski definition) is 3. The number of rotatable bonds is 5. The molecular weight excluding hydrogens is 438 g/mol. The molecule has 1 heterocycles. The van der Waals surface area contributed by atoms with Crippen LogP contribution in [-0.2, 0) is 11.3 Å². The Balaban J connectivity index is 1.86. The topological polar surface area (TPSA) is 96.0 Å². The number of carbonyl (C=O) groups is 2. The normalized spacial score (nSPS) is 11.8. The van der Waals surface area contributed by atoms with Gasteiger partial charge >= 0.3 is 0 Å². The number of fused-ring (bicyclic) bond motifs is 1. The first kappa shape index (κ1) is 24.5. The summed E-state index contributed by atoms with van der Waals surface area (Å²) < 4.78 is 0. The summed E-state index contributed by atoms with van der Waals surface area (Å²) in [5, 5.41) is 10.3. The largest absolute Gasteiger partial charge is 0.365 e. The number of nitrogens with one attached hydrogen (secondary N) is 3. The second-order valence-electron chi connectivity index (χ2n) is 10.0. The van der Waals surface area contributed by atoms with Gasteiger partial charge in [0.1, 0.15) is 12.1 Å². The minimum absolute atomic E-state index is 0.0708. The van der Waals surface area contributed by atoms with Gasteiger partial charge in [-0.2, -0.15) is 0 Å². The van der Waals surface area contributed by atoms with Crippen molar-refractivity contribution in [2.24, 2.45) is 5.41 Å². The zero-order valence-corrected chi connectivity index (χ0v) is 20.6. The van der Waals surface area contributed by atoms with Crippen LogP contribution in [0.25, 0.3) is 10.9 Å². The van der Waals surface area contributed by atoms with Crippen LogP contribution in [0.3, 0.4) is 0 Å². The lowest BCUT2D eigenvalue weighted by Crippen LogP contribution is -2.34. The van der Waals surface area contributed by atoms with E-state index < -0.39 is 5.41 Å². The van der Waals surface area contributed by atoms with Crippen molar-refractivity contribution in [3.05, 3.63) is 58.9 Å². The van der Waals surface area contributed by atoms with Crippen LogP contribution in [0.1, 0.15) is 57.5 Å². The van der Waals surface area contributed by atoms with Crippen LogP contribution in [0.15, 0.2) is 42.7 Å². The van der Waals surface area contributed by atoms with E-state index in [1.165, 1.54) is 6.33 Å². The fourth-order valence-electron chi connectivity index (χ4n) is 3.14. The van der Waals surface area contributed by atoms with Crippen molar-refractivity contribution in [2.75, 3.05) is 10.6 Å². The Labute approximate surface area is 199 Å². The second-order valence-corrected chi connectivity index (χ2v) is 10.4. The molecule has 1 aromatic heterocycles. The number of carbonyl (C=O) groups excluding carboxylic acids is 2. The van der Waals surface area contributed by atoms with E-state index in [0.717, 1.165) is 10.9 Å². The summed E-state index contributed by atoms with van der Waals surface area (Å²) in [7, 11) is 0. The lowest BCUT2D eigenvalue weighted by Gasteiger charge is -2.22. The molecule has 0 atom stereocenters. The van der Waals surface area contributed by atoms with E-state index in [4.69, 9.17) is 11.6 Å². The first-order valence-corrected chi connectivity index (χ1v) is 11.1. The van der Waals surface area contributed by atoms with Crippen molar-refractivity contribution in [3.8, 4) is 0 Å². The monoisotopic (exact) mass is 467 g/mol. The molecule has 0 radical (unpaired) electrons. The van der Waals surface area contributed by atoms with Gasteiger partial charge in [0.25, 0.3) is 5.91 Å². The first-order valence-electron chi connectivity index (χ1n) is 10.7. The fourth-order valence-corrected chi connectivity index (χ4v) is 3.34. The summed E-state index contributed by atoms with van der Waals surface area (Å²) in [6, 6.07) is 10.7. The highest BCUT2D eigenvalue weighted by Crippen LogP contribution is 2.28. The first-order chi connectivity index (χ1) is 15.3. The van der Waals surface area contributed by atoms with Gasteiger partial charge in [0.15, 0.2) is 0 Å². The number of nitrogens with zero attached hydrogens (tertiary/aromatic N) is 2. The average Bonchev–Trinajstić information content (AvgIpc) is 2.71. The molecule has 7 nitrogen and oxygen atoms in total. The van der Waals surface area contributed by atoms with Gasteiger partial charge in [-0.15, -0.1) is 0 Å². The molecule has 2 amide bonds. The van der Waals surface area contributed by atoms with E-state index in [0.29, 0.717) is 34.2 Å². The summed E-state index contributed by atoms with van der Waals surface area (Å²) in [6.07, 6.45) is 1.47. The molecule has 3 rings (SSSR count). The molecular formula is C25H30ClN5O2. The van der Waals surface area contributed by atoms with Crippen molar-refractivity contribution in [1.29, 1.82) is 0 Å². The average molecular weight is 468 g/mol. The van der Waals surface area contributed by atoms with E-state index in [-0.39, 0.29) is 17.4 Å². The van der Waals surface area contributed by atoms with Crippen molar-refractivity contribution in [2.45, 2.75) is 53.6 Å². The molecule has 0 unspecified atom stereocenters. The zero-order chi connectivity index (χ0) is 24.4. The van der Waals surface area contributed by atoms with Crippen LogP contribution in [0.5, 0.6) is 0 Å². The van der Waals surface area contributed by atoms with Crippen LogP contribution in [0.2, 0.25) is 5.02 Å². The van der Waals surface area contributed by atoms with E-state index in [1.807, 2.05) is 53.7 Å². The van der Waals surface area contributed by atoms with Gasteiger partial charge < -0.3 is 16.0 Å². The Kier molecular flexibility index (Phi) is 6.93. The SMILES string of the molecule is CC(C)(C)Nc1ncnc2c(NC(=O)c3cc(CNC(=O)C(C)(C)C)ccc3Cl)cccc12. The Bertz CT molecular complexity index is 1200. The molecule has 0 aliphatic heterocycles. The Morgan fingerprint density at radius 3 is 2.39 bits per heavy atom. The highest BCUT2D eigenvalue weighted by Gasteiger charge is 2.21.